The van der Waals surface area contributed by atoms with E-state index in [9.17, 15) is 0 Å². The van der Waals surface area contributed by atoms with Gasteiger partial charge in [0.25, 0.3) is 0 Å². The van der Waals surface area contributed by atoms with Crippen molar-refractivity contribution in [1.29, 1.82) is 0 Å². The van der Waals surface area contributed by atoms with E-state index in [0.717, 1.165) is 0 Å². The highest BCUT2D eigenvalue weighted by atomic mass is 28.3. The molecule has 2 heteroatoms. The zero-order chi connectivity index (χ0) is 10.4. The second kappa shape index (κ2) is 5.71. The van der Waals surface area contributed by atoms with Crippen molar-refractivity contribution in [2.24, 2.45) is 0 Å². The van der Waals surface area contributed by atoms with E-state index in [0.29, 0.717) is 0 Å². The normalized spacial score (nSPS) is 17.0. The molecule has 82 valence electrons. The lowest BCUT2D eigenvalue weighted by molar-refractivity contribution is 0.637. The number of hydrogen-bond donors (Lipinski definition) is 0. The summed E-state index contributed by atoms with van der Waals surface area (Å²) < 4.78 is 0. The minimum Gasteiger partial charge on any atom is -0.304 e. The molecule has 0 amide bonds. The summed E-state index contributed by atoms with van der Waals surface area (Å²) in [7, 11) is -0.988. The average molecular weight is 211 g/mol. The highest BCUT2D eigenvalue weighted by Gasteiger charge is 2.34. The van der Waals surface area contributed by atoms with Crippen molar-refractivity contribution < 1.29 is 0 Å². The Morgan fingerprint density at radius 3 is 2.14 bits per heavy atom. The fraction of sp³-hybridized carbons (Fsp3) is 0.833. The maximum Gasteiger partial charge on any atom is 0.0727 e. The van der Waals surface area contributed by atoms with Gasteiger partial charge in [-0.25, -0.2) is 0 Å². The zero-order valence-electron chi connectivity index (χ0n) is 9.89. The van der Waals surface area contributed by atoms with Crippen LogP contribution in [0.15, 0.2) is 12.7 Å². The Labute approximate surface area is 90.2 Å². The van der Waals surface area contributed by atoms with Gasteiger partial charge in [-0.1, -0.05) is 44.9 Å². The molecule has 0 aliphatic carbocycles. The van der Waals surface area contributed by atoms with Gasteiger partial charge in [0.1, 0.15) is 0 Å². The fourth-order valence-corrected chi connectivity index (χ4v) is 7.72. The maximum absolute atomic E-state index is 3.95. The summed E-state index contributed by atoms with van der Waals surface area (Å²) in [6.45, 7) is 11.3. The zero-order valence-corrected chi connectivity index (χ0v) is 10.9. The summed E-state index contributed by atoms with van der Waals surface area (Å²) >= 11 is 0. The second-order valence-electron chi connectivity index (χ2n) is 4.77. The lowest BCUT2D eigenvalue weighted by Crippen LogP contribution is -2.41. The number of rotatable bonds is 8. The quantitative estimate of drug-likeness (QED) is 0.338. The topological polar surface area (TPSA) is 3.01 Å². The molecule has 1 heterocycles. The van der Waals surface area contributed by atoms with E-state index in [-0.39, 0.29) is 0 Å². The van der Waals surface area contributed by atoms with Gasteiger partial charge in [-0.05, 0) is 12.2 Å². The highest BCUT2D eigenvalue weighted by molar-refractivity contribution is 6.80. The first-order valence-corrected chi connectivity index (χ1v) is 8.92. The molecule has 0 spiro atoms. The van der Waals surface area contributed by atoms with Crippen LogP contribution in [0.25, 0.3) is 0 Å². The molecular weight excluding hydrogens is 186 g/mol. The van der Waals surface area contributed by atoms with Gasteiger partial charge in [0, 0.05) is 13.1 Å². The van der Waals surface area contributed by atoms with Crippen molar-refractivity contribution in [3.05, 3.63) is 12.7 Å². The Morgan fingerprint density at radius 2 is 1.79 bits per heavy atom. The van der Waals surface area contributed by atoms with Crippen molar-refractivity contribution in [1.82, 2.24) is 4.90 Å². The standard InChI is InChI=1S/C12H25NSi/c1-4-9-14(10-5-2,11-6-3)12-13-7-8-13/h4H,1,5-12H2,2-3H3. The molecule has 0 aromatic rings. The van der Waals surface area contributed by atoms with E-state index in [1.54, 1.807) is 0 Å². The molecule has 0 bridgehead atoms. The van der Waals surface area contributed by atoms with Gasteiger partial charge in [-0.15, -0.1) is 6.58 Å². The smallest absolute Gasteiger partial charge is 0.0727 e. The summed E-state index contributed by atoms with van der Waals surface area (Å²) in [6, 6.07) is 4.35. The van der Waals surface area contributed by atoms with Gasteiger partial charge in [0.05, 0.1) is 8.07 Å². The lowest BCUT2D eigenvalue weighted by atomic mass is 10.6. The van der Waals surface area contributed by atoms with Crippen LogP contribution in [0.1, 0.15) is 26.7 Å². The van der Waals surface area contributed by atoms with Crippen LogP contribution in [-0.4, -0.2) is 32.2 Å². The van der Waals surface area contributed by atoms with Crippen molar-refractivity contribution in [2.45, 2.75) is 44.8 Å². The van der Waals surface area contributed by atoms with Gasteiger partial charge in [-0.2, -0.15) is 0 Å². The monoisotopic (exact) mass is 211 g/mol. The SMILES string of the molecule is C=CC[Si](CCC)(CCC)CN1CC1. The van der Waals surface area contributed by atoms with Crippen LogP contribution in [0, 0.1) is 0 Å². The van der Waals surface area contributed by atoms with Crippen LogP contribution in [0.4, 0.5) is 0 Å². The van der Waals surface area contributed by atoms with Crippen LogP contribution in [-0.2, 0) is 0 Å². The third kappa shape index (κ3) is 3.58. The first kappa shape index (κ1) is 12.0. The van der Waals surface area contributed by atoms with Gasteiger partial charge >= 0.3 is 0 Å². The highest BCUT2D eigenvalue weighted by Crippen LogP contribution is 2.27. The predicted octanol–water partition coefficient (Wildman–Crippen LogP) is 3.30. The molecule has 1 rings (SSSR count). The average Bonchev–Trinajstić information content (AvgIpc) is 2.89. The van der Waals surface area contributed by atoms with Crippen molar-refractivity contribution in [3.63, 3.8) is 0 Å². The molecule has 1 saturated heterocycles. The molecular formula is C12H25NSi. The fourth-order valence-electron chi connectivity index (χ4n) is 2.62. The van der Waals surface area contributed by atoms with Crippen molar-refractivity contribution in [3.8, 4) is 0 Å². The molecule has 0 saturated carbocycles. The van der Waals surface area contributed by atoms with Crippen LogP contribution in [0.3, 0.4) is 0 Å². The molecule has 0 atom stereocenters. The second-order valence-corrected chi connectivity index (χ2v) is 9.49. The summed E-state index contributed by atoms with van der Waals surface area (Å²) in [6.07, 6.45) is 6.36. The Bertz CT molecular complexity index is 169. The minimum absolute atomic E-state index is 0.988. The molecule has 14 heavy (non-hydrogen) atoms. The number of hydrogen-bond acceptors (Lipinski definition) is 1. The van der Waals surface area contributed by atoms with Crippen molar-refractivity contribution >= 4 is 8.07 Å². The number of allylic oxidation sites excluding steroid dienone is 1. The molecule has 0 N–H and O–H groups in total. The first-order valence-electron chi connectivity index (χ1n) is 6.09. The van der Waals surface area contributed by atoms with Crippen LogP contribution in [0.2, 0.25) is 18.1 Å². The molecule has 0 radical (unpaired) electrons. The Kier molecular flexibility index (Phi) is 4.89. The predicted molar refractivity (Wildman–Crippen MR) is 67.4 cm³/mol. The van der Waals surface area contributed by atoms with E-state index in [1.165, 1.54) is 50.2 Å². The van der Waals surface area contributed by atoms with Crippen LogP contribution < -0.4 is 0 Å². The number of nitrogens with zero attached hydrogens (tertiary/aromatic N) is 1. The maximum atomic E-state index is 3.95. The Morgan fingerprint density at radius 1 is 1.21 bits per heavy atom. The largest absolute Gasteiger partial charge is 0.304 e. The van der Waals surface area contributed by atoms with E-state index < -0.39 is 8.07 Å². The van der Waals surface area contributed by atoms with Crippen LogP contribution in [0.5, 0.6) is 0 Å². The molecule has 1 aliphatic heterocycles. The lowest BCUT2D eigenvalue weighted by Gasteiger charge is -2.30. The molecule has 1 nitrogen and oxygen atoms in total. The van der Waals surface area contributed by atoms with Crippen LogP contribution >= 0.6 is 0 Å². The molecule has 0 aromatic carbocycles. The van der Waals surface area contributed by atoms with E-state index >= 15 is 0 Å². The molecule has 0 unspecified atom stereocenters. The third-order valence-electron chi connectivity index (χ3n) is 3.24. The summed E-state index contributed by atoms with van der Waals surface area (Å²) in [5, 5.41) is 0. The van der Waals surface area contributed by atoms with Gasteiger partial charge < -0.3 is 4.90 Å². The summed E-state index contributed by atoms with van der Waals surface area (Å²) in [5.74, 6) is 0. The first-order chi connectivity index (χ1) is 6.76. The molecule has 1 fully saturated rings. The van der Waals surface area contributed by atoms with Gasteiger partial charge in [0.15, 0.2) is 0 Å². The Balaban J connectivity index is 2.53. The Hall–Kier alpha value is -0.0831. The van der Waals surface area contributed by atoms with Crippen molar-refractivity contribution in [2.75, 3.05) is 19.3 Å². The van der Waals surface area contributed by atoms with E-state index in [2.05, 4.69) is 31.4 Å². The van der Waals surface area contributed by atoms with E-state index in [1.807, 2.05) is 0 Å². The summed E-state index contributed by atoms with van der Waals surface area (Å²) in [4.78, 5) is 2.63. The minimum atomic E-state index is -0.988. The third-order valence-corrected chi connectivity index (χ3v) is 8.63. The van der Waals surface area contributed by atoms with Gasteiger partial charge in [0.2, 0.25) is 0 Å². The molecule has 0 aromatic heterocycles. The van der Waals surface area contributed by atoms with E-state index in [4.69, 9.17) is 0 Å². The van der Waals surface area contributed by atoms with Gasteiger partial charge in [-0.3, -0.25) is 0 Å². The summed E-state index contributed by atoms with van der Waals surface area (Å²) in [5.41, 5.74) is 0. The molecule has 1 aliphatic rings.